The van der Waals surface area contributed by atoms with Gasteiger partial charge in [0.25, 0.3) is 0 Å². The van der Waals surface area contributed by atoms with Crippen molar-refractivity contribution in [3.63, 3.8) is 0 Å². The fourth-order valence-electron chi connectivity index (χ4n) is 0.879. The number of hydrogen-bond acceptors (Lipinski definition) is 1. The first-order chi connectivity index (χ1) is 5.72. The Morgan fingerprint density at radius 1 is 1.42 bits per heavy atom. The molecule has 0 amide bonds. The van der Waals surface area contributed by atoms with Crippen LogP contribution in [-0.4, -0.2) is 0 Å². The van der Waals surface area contributed by atoms with Crippen LogP contribution in [0.25, 0.3) is 0 Å². The standard InChI is InChI=1S/C8H13N.C3H8/c1-7(2)8-5-3-4-6-9-8;1-3-2/h4-7,9H,3H2,1-2H3;3H2,1-2H3. The molecule has 0 fully saturated rings. The third-order valence-electron chi connectivity index (χ3n) is 1.46. The van der Waals surface area contributed by atoms with Crippen LogP contribution in [0.15, 0.2) is 24.0 Å². The Morgan fingerprint density at radius 2 is 2.00 bits per heavy atom. The summed E-state index contributed by atoms with van der Waals surface area (Å²) >= 11 is 0. The first-order valence-corrected chi connectivity index (χ1v) is 4.83. The van der Waals surface area contributed by atoms with Crippen molar-refractivity contribution in [2.24, 2.45) is 5.92 Å². The lowest BCUT2D eigenvalue weighted by Crippen LogP contribution is -2.12. The van der Waals surface area contributed by atoms with Gasteiger partial charge in [0.15, 0.2) is 0 Å². The largest absolute Gasteiger partial charge is 0.365 e. The number of allylic oxidation sites excluding steroid dienone is 3. The van der Waals surface area contributed by atoms with Crippen LogP contribution in [0.2, 0.25) is 0 Å². The number of hydrogen-bond donors (Lipinski definition) is 1. The van der Waals surface area contributed by atoms with E-state index in [4.69, 9.17) is 0 Å². The lowest BCUT2D eigenvalue weighted by molar-refractivity contribution is 0.702. The van der Waals surface area contributed by atoms with E-state index in [0.717, 1.165) is 6.42 Å². The minimum atomic E-state index is 0.634. The van der Waals surface area contributed by atoms with Gasteiger partial charge in [-0.05, 0) is 18.5 Å². The van der Waals surface area contributed by atoms with Crippen LogP contribution >= 0.6 is 0 Å². The molecule has 0 saturated heterocycles. The highest BCUT2D eigenvalue weighted by Crippen LogP contribution is 2.09. The average Bonchev–Trinajstić information content (AvgIpc) is 2.07. The van der Waals surface area contributed by atoms with Gasteiger partial charge < -0.3 is 5.32 Å². The van der Waals surface area contributed by atoms with E-state index >= 15 is 0 Å². The number of dihydropyridines is 1. The molecule has 1 rings (SSSR count). The highest BCUT2D eigenvalue weighted by Gasteiger charge is 2.00. The van der Waals surface area contributed by atoms with E-state index in [-0.39, 0.29) is 0 Å². The fraction of sp³-hybridized carbons (Fsp3) is 0.636. The van der Waals surface area contributed by atoms with Gasteiger partial charge in [-0.1, -0.05) is 46.3 Å². The monoisotopic (exact) mass is 167 g/mol. The van der Waals surface area contributed by atoms with Gasteiger partial charge in [0.1, 0.15) is 0 Å². The summed E-state index contributed by atoms with van der Waals surface area (Å²) in [4.78, 5) is 0. The van der Waals surface area contributed by atoms with Gasteiger partial charge in [-0.2, -0.15) is 0 Å². The van der Waals surface area contributed by atoms with Gasteiger partial charge >= 0.3 is 0 Å². The summed E-state index contributed by atoms with van der Waals surface area (Å²) < 4.78 is 0. The highest BCUT2D eigenvalue weighted by molar-refractivity contribution is 5.12. The van der Waals surface area contributed by atoms with Crippen molar-refractivity contribution in [2.75, 3.05) is 0 Å². The second-order valence-electron chi connectivity index (χ2n) is 3.30. The van der Waals surface area contributed by atoms with E-state index in [1.54, 1.807) is 0 Å². The van der Waals surface area contributed by atoms with E-state index < -0.39 is 0 Å². The summed E-state index contributed by atoms with van der Waals surface area (Å²) in [6, 6.07) is 0. The van der Waals surface area contributed by atoms with Crippen LogP contribution in [0, 0.1) is 5.92 Å². The molecule has 1 heteroatoms. The van der Waals surface area contributed by atoms with Crippen LogP contribution in [-0.2, 0) is 0 Å². The smallest absolute Gasteiger partial charge is 0.0135 e. The van der Waals surface area contributed by atoms with Crippen molar-refractivity contribution in [1.29, 1.82) is 0 Å². The number of rotatable bonds is 1. The summed E-state index contributed by atoms with van der Waals surface area (Å²) in [7, 11) is 0. The molecule has 0 saturated carbocycles. The Morgan fingerprint density at radius 3 is 2.25 bits per heavy atom. The molecule has 0 unspecified atom stereocenters. The summed E-state index contributed by atoms with van der Waals surface area (Å²) in [5.74, 6) is 0.634. The van der Waals surface area contributed by atoms with Crippen LogP contribution in [0.3, 0.4) is 0 Å². The molecule has 0 aromatic heterocycles. The van der Waals surface area contributed by atoms with E-state index in [2.05, 4.69) is 45.2 Å². The molecule has 0 aliphatic carbocycles. The molecule has 70 valence electrons. The number of nitrogens with one attached hydrogen (secondary N) is 1. The predicted octanol–water partition coefficient (Wildman–Crippen LogP) is 3.45. The molecule has 0 bridgehead atoms. The van der Waals surface area contributed by atoms with Crippen molar-refractivity contribution >= 4 is 0 Å². The van der Waals surface area contributed by atoms with Crippen LogP contribution in [0.1, 0.15) is 40.5 Å². The minimum absolute atomic E-state index is 0.634. The Labute approximate surface area is 76.6 Å². The molecule has 1 N–H and O–H groups in total. The topological polar surface area (TPSA) is 12.0 Å². The van der Waals surface area contributed by atoms with Gasteiger partial charge in [0.05, 0.1) is 0 Å². The molecule has 12 heavy (non-hydrogen) atoms. The second-order valence-corrected chi connectivity index (χ2v) is 3.30. The zero-order chi connectivity index (χ0) is 9.40. The molecule has 1 aliphatic rings. The Bertz CT molecular complexity index is 154. The first kappa shape index (κ1) is 11.3. The van der Waals surface area contributed by atoms with E-state index in [1.807, 2.05) is 6.20 Å². The van der Waals surface area contributed by atoms with Gasteiger partial charge in [-0.15, -0.1) is 0 Å². The summed E-state index contributed by atoms with van der Waals surface area (Å²) in [6.45, 7) is 8.63. The maximum atomic E-state index is 3.20. The van der Waals surface area contributed by atoms with E-state index in [1.165, 1.54) is 12.1 Å². The molecular formula is C11H21N. The van der Waals surface area contributed by atoms with Gasteiger partial charge in [-0.3, -0.25) is 0 Å². The molecule has 0 radical (unpaired) electrons. The maximum absolute atomic E-state index is 3.20. The molecule has 1 aliphatic heterocycles. The Balaban J connectivity index is 0.000000354. The quantitative estimate of drug-likeness (QED) is 0.630. The lowest BCUT2D eigenvalue weighted by atomic mass is 10.1. The molecule has 0 aromatic carbocycles. The molecule has 0 spiro atoms. The van der Waals surface area contributed by atoms with E-state index in [9.17, 15) is 0 Å². The Kier molecular flexibility index (Phi) is 6.54. The SMILES string of the molecule is CC(C)C1=CCC=CN1.CCC. The zero-order valence-corrected chi connectivity index (χ0v) is 8.72. The van der Waals surface area contributed by atoms with Crippen LogP contribution in [0.4, 0.5) is 0 Å². The van der Waals surface area contributed by atoms with Crippen LogP contribution in [0.5, 0.6) is 0 Å². The third-order valence-corrected chi connectivity index (χ3v) is 1.46. The van der Waals surface area contributed by atoms with Crippen LogP contribution < -0.4 is 5.32 Å². The second kappa shape index (κ2) is 6.96. The van der Waals surface area contributed by atoms with Crippen molar-refractivity contribution in [1.82, 2.24) is 5.32 Å². The fourth-order valence-corrected chi connectivity index (χ4v) is 0.879. The first-order valence-electron chi connectivity index (χ1n) is 4.83. The summed E-state index contributed by atoms with van der Waals surface area (Å²) in [5, 5.41) is 3.20. The molecule has 1 heterocycles. The highest BCUT2D eigenvalue weighted by atomic mass is 14.9. The van der Waals surface area contributed by atoms with Crippen molar-refractivity contribution in [2.45, 2.75) is 40.5 Å². The Hall–Kier alpha value is -0.720. The van der Waals surface area contributed by atoms with Crippen molar-refractivity contribution in [3.05, 3.63) is 24.0 Å². The van der Waals surface area contributed by atoms with Crippen molar-refractivity contribution < 1.29 is 0 Å². The third kappa shape index (κ3) is 5.00. The molecule has 0 aromatic rings. The molecule has 1 nitrogen and oxygen atoms in total. The normalized spacial score (nSPS) is 14.6. The summed E-state index contributed by atoms with van der Waals surface area (Å²) in [6.07, 6.45) is 8.69. The van der Waals surface area contributed by atoms with E-state index in [0.29, 0.717) is 5.92 Å². The van der Waals surface area contributed by atoms with Gasteiger partial charge in [0.2, 0.25) is 0 Å². The predicted molar refractivity (Wildman–Crippen MR) is 55.8 cm³/mol. The zero-order valence-electron chi connectivity index (χ0n) is 8.72. The minimum Gasteiger partial charge on any atom is -0.365 e. The average molecular weight is 167 g/mol. The molecule has 0 atom stereocenters. The maximum Gasteiger partial charge on any atom is 0.0135 e. The molecular weight excluding hydrogens is 146 g/mol. The van der Waals surface area contributed by atoms with Gasteiger partial charge in [-0.25, -0.2) is 0 Å². The lowest BCUT2D eigenvalue weighted by Gasteiger charge is -2.13. The summed E-state index contributed by atoms with van der Waals surface area (Å²) in [5.41, 5.74) is 1.34. The van der Waals surface area contributed by atoms with Gasteiger partial charge in [0, 0.05) is 5.70 Å². The van der Waals surface area contributed by atoms with Crippen molar-refractivity contribution in [3.8, 4) is 0 Å².